The molecule has 36 heavy (non-hydrogen) atoms. The Hall–Kier alpha value is -1.21. The monoisotopic (exact) mass is 588 g/mol. The normalized spacial score (nSPS) is 10.0. The quantitative estimate of drug-likeness (QED) is 0.288. The van der Waals surface area contributed by atoms with Crippen molar-refractivity contribution in [3.63, 3.8) is 0 Å². The number of hydrogen-bond donors (Lipinski definition) is 0. The van der Waals surface area contributed by atoms with Gasteiger partial charge < -0.3 is 18.9 Å². The predicted octanol–water partition coefficient (Wildman–Crippen LogP) is 7.56. The lowest BCUT2D eigenvalue weighted by Gasteiger charge is -2.23. The van der Waals surface area contributed by atoms with Gasteiger partial charge in [0.2, 0.25) is 6.93 Å². The molecule has 0 fully saturated rings. The third kappa shape index (κ3) is 42.9. The number of ether oxygens (including phenoxy) is 4. The first-order valence-electron chi connectivity index (χ1n) is 8.27. The molecule has 0 heterocycles. The van der Waals surface area contributed by atoms with Crippen LogP contribution in [0.15, 0.2) is 0 Å². The Morgan fingerprint density at radius 2 is 0.694 bits per heavy atom. The van der Waals surface area contributed by atoms with Gasteiger partial charge in [-0.1, -0.05) is 0 Å². The van der Waals surface area contributed by atoms with E-state index < -0.39 is 51.1 Å². The summed E-state index contributed by atoms with van der Waals surface area (Å²) in [6.07, 6.45) is -8.41. The molecule has 0 saturated carbocycles. The Morgan fingerprint density at radius 1 is 0.500 bits per heavy atom. The van der Waals surface area contributed by atoms with Crippen LogP contribution in [0.25, 0.3) is 0 Å². The average molecular weight is 588 g/mol. The smallest absolute Gasteiger partial charge is 0.354 e. The maximum absolute atomic E-state index is 12.3. The van der Waals surface area contributed by atoms with E-state index in [2.05, 4.69) is 18.9 Å². The fraction of sp³-hybridized carbons (Fsp3) is 1.00. The highest BCUT2D eigenvalue weighted by Crippen LogP contribution is 2.34. The highest BCUT2D eigenvalue weighted by molar-refractivity contribution is 4.76. The van der Waals surface area contributed by atoms with Crippen LogP contribution < -0.4 is 0 Å². The van der Waals surface area contributed by atoms with Crippen LogP contribution in [0.4, 0.5) is 65.9 Å². The van der Waals surface area contributed by atoms with Crippen molar-refractivity contribution in [1.29, 1.82) is 0 Å². The maximum Gasteiger partial charge on any atom is 0.421 e. The van der Waals surface area contributed by atoms with Gasteiger partial charge in [0.25, 0.3) is 0 Å². The van der Waals surface area contributed by atoms with Crippen molar-refractivity contribution in [2.24, 2.45) is 0 Å². The molecule has 0 aromatic heterocycles. The molecular formula is C17H35F15O4. The number of halogens is 15. The van der Waals surface area contributed by atoms with E-state index in [1.54, 1.807) is 0 Å². The zero-order chi connectivity index (χ0) is 31.7. The van der Waals surface area contributed by atoms with Gasteiger partial charge in [0.15, 0.2) is 26.1 Å². The first-order chi connectivity index (χ1) is 16.4. The summed E-state index contributed by atoms with van der Waals surface area (Å²) >= 11 is 0. The van der Waals surface area contributed by atoms with Gasteiger partial charge in [-0.3, -0.25) is 13.2 Å². The van der Waals surface area contributed by atoms with E-state index in [-0.39, 0.29) is 0 Å². The molecular weight excluding hydrogens is 553 g/mol. The average Bonchev–Trinajstić information content (AvgIpc) is 2.87. The summed E-state index contributed by atoms with van der Waals surface area (Å²) in [4.78, 5) is 0. The first kappa shape index (κ1) is 55.3. The second-order valence-corrected chi connectivity index (χ2v) is 4.65. The van der Waals surface area contributed by atoms with E-state index in [4.69, 9.17) is 0 Å². The molecule has 0 unspecified atom stereocenters. The van der Waals surface area contributed by atoms with Gasteiger partial charge in [-0.25, -0.2) is 26.3 Å². The van der Waals surface area contributed by atoms with Crippen molar-refractivity contribution in [2.45, 2.75) is 37.7 Å². The Morgan fingerprint density at radius 3 is 0.722 bits per heavy atom. The molecule has 0 aliphatic heterocycles. The van der Waals surface area contributed by atoms with Crippen LogP contribution in [0.3, 0.4) is 0 Å². The molecule has 232 valence electrons. The SMILES string of the molecule is CF.CF.CF.COC(F)(F)C(C)(C)F.COC(F)(F)C(F)(F)CF.COCF.COCF.FCF. The largest absolute Gasteiger partial charge is 0.421 e. The van der Waals surface area contributed by atoms with Crippen LogP contribution in [0.5, 0.6) is 0 Å². The third-order valence-electron chi connectivity index (χ3n) is 2.02. The van der Waals surface area contributed by atoms with Gasteiger partial charge in [-0.2, -0.15) is 26.3 Å². The molecule has 0 N–H and O–H groups in total. The fourth-order valence-electron chi connectivity index (χ4n) is 0.470. The van der Waals surface area contributed by atoms with Gasteiger partial charge in [0, 0.05) is 28.4 Å². The Kier molecular flexibility index (Phi) is 58.9. The number of methoxy groups -OCH3 is 4. The molecule has 19 heteroatoms. The summed E-state index contributed by atoms with van der Waals surface area (Å²) in [6, 6.07) is 0. The molecule has 0 radical (unpaired) electrons. The van der Waals surface area contributed by atoms with Crippen LogP contribution in [-0.2, 0) is 18.9 Å². The van der Waals surface area contributed by atoms with Gasteiger partial charge in [-0.15, -0.1) is 0 Å². The second-order valence-electron chi connectivity index (χ2n) is 4.65. The Bertz CT molecular complexity index is 327. The van der Waals surface area contributed by atoms with Gasteiger partial charge in [-0.05, 0) is 13.8 Å². The fourth-order valence-corrected chi connectivity index (χ4v) is 0.470. The molecule has 0 aliphatic carbocycles. The topological polar surface area (TPSA) is 36.9 Å². The molecule has 0 atom stereocenters. The highest BCUT2D eigenvalue weighted by atomic mass is 19.3. The van der Waals surface area contributed by atoms with Crippen LogP contribution in [0.1, 0.15) is 13.8 Å². The predicted molar refractivity (Wildman–Crippen MR) is 104 cm³/mol. The Labute approximate surface area is 201 Å². The minimum atomic E-state index is -4.73. The molecule has 0 saturated heterocycles. The summed E-state index contributed by atoms with van der Waals surface area (Å²) in [5.74, 6) is -4.73. The van der Waals surface area contributed by atoms with E-state index in [9.17, 15) is 65.9 Å². The van der Waals surface area contributed by atoms with Gasteiger partial charge in [0.1, 0.15) is 0 Å². The van der Waals surface area contributed by atoms with Crippen molar-refractivity contribution < 1.29 is 84.8 Å². The van der Waals surface area contributed by atoms with Gasteiger partial charge in [0.05, 0.1) is 21.5 Å². The lowest BCUT2D eigenvalue weighted by atomic mass is 10.1. The second kappa shape index (κ2) is 38.3. The van der Waals surface area contributed by atoms with Crippen molar-refractivity contribution in [1.82, 2.24) is 0 Å². The molecule has 0 amide bonds. The number of hydrogen-bond acceptors (Lipinski definition) is 4. The maximum atomic E-state index is 12.3. The zero-order valence-electron chi connectivity index (χ0n) is 21.1. The lowest BCUT2D eigenvalue weighted by molar-refractivity contribution is -0.340. The molecule has 0 spiro atoms. The van der Waals surface area contributed by atoms with E-state index in [1.165, 1.54) is 14.2 Å². The molecule has 0 bridgehead atoms. The lowest BCUT2D eigenvalue weighted by Crippen LogP contribution is -2.43. The number of rotatable bonds is 7. The molecule has 4 nitrogen and oxygen atoms in total. The molecule has 0 aromatic carbocycles. The van der Waals surface area contributed by atoms with Crippen LogP contribution in [-0.4, -0.2) is 101 Å². The summed E-state index contributed by atoms with van der Waals surface area (Å²) in [7, 11) is 5.25. The van der Waals surface area contributed by atoms with Crippen molar-refractivity contribution in [3.8, 4) is 0 Å². The molecule has 0 aromatic rings. The van der Waals surface area contributed by atoms with Crippen molar-refractivity contribution in [3.05, 3.63) is 0 Å². The Balaban J connectivity index is -0.0000000457. The summed E-state index contributed by atoms with van der Waals surface area (Å²) in [5, 5.41) is 0. The molecule has 0 aliphatic rings. The van der Waals surface area contributed by atoms with E-state index >= 15 is 0 Å². The minimum absolute atomic E-state index is 0.379. The first-order valence-corrected chi connectivity index (χ1v) is 8.27. The number of alkyl halides is 15. The van der Waals surface area contributed by atoms with Crippen molar-refractivity contribution in [2.75, 3.05) is 77.3 Å². The van der Waals surface area contributed by atoms with E-state index in [1.807, 2.05) is 0 Å². The third-order valence-corrected chi connectivity index (χ3v) is 2.02. The van der Waals surface area contributed by atoms with Crippen LogP contribution in [0, 0.1) is 0 Å². The summed E-state index contributed by atoms with van der Waals surface area (Å²) in [6.45, 7) is -4.03. The van der Waals surface area contributed by atoms with Crippen LogP contribution >= 0.6 is 0 Å². The standard InChI is InChI=1S/C5H9F3O.C4H5F5O.2C2H5FO.CH2F2.3CH3F/c1-4(2,6)5(7,8)9-3;1-10-4(8,9)3(6,7)2-5;2*1-4-2-3;2-1-3;3*1-2/h1-3H3;2H2,1H3;2*2H2,1H3;1H2;3*1H3. The molecule has 0 rings (SSSR count). The zero-order valence-corrected chi connectivity index (χ0v) is 21.1. The van der Waals surface area contributed by atoms with E-state index in [0.717, 1.165) is 21.0 Å². The highest BCUT2D eigenvalue weighted by Gasteiger charge is 2.57. The minimum Gasteiger partial charge on any atom is -0.354 e. The van der Waals surface area contributed by atoms with Gasteiger partial charge >= 0.3 is 18.1 Å². The van der Waals surface area contributed by atoms with Crippen molar-refractivity contribution >= 4 is 0 Å². The summed E-state index contributed by atoms with van der Waals surface area (Å²) < 4.78 is 178. The van der Waals surface area contributed by atoms with Crippen LogP contribution in [0.2, 0.25) is 0 Å². The summed E-state index contributed by atoms with van der Waals surface area (Å²) in [5.41, 5.74) is -2.61. The van der Waals surface area contributed by atoms with E-state index in [0.29, 0.717) is 28.6 Å².